The number of nitrogens with zero attached hydrogens (tertiary/aromatic N) is 3. The Labute approximate surface area is 247 Å². The molecule has 41 heavy (non-hydrogen) atoms. The average Bonchev–Trinajstić information content (AvgIpc) is 3.22. The average molecular weight is 571 g/mol. The highest BCUT2D eigenvalue weighted by Gasteiger charge is 2.38. The summed E-state index contributed by atoms with van der Waals surface area (Å²) in [4.78, 5) is 28.3. The molecular formula is C32H54N6O3. The van der Waals surface area contributed by atoms with Crippen LogP contribution >= 0.6 is 0 Å². The van der Waals surface area contributed by atoms with Crippen LogP contribution in [0.5, 0.6) is 0 Å². The second kappa shape index (κ2) is 14.0. The van der Waals surface area contributed by atoms with E-state index in [1.165, 1.54) is 7.11 Å². The molecule has 3 atom stereocenters. The molecule has 1 unspecified atom stereocenters. The van der Waals surface area contributed by atoms with Gasteiger partial charge in [-0.25, -0.2) is 15.2 Å². The molecule has 3 heterocycles. The van der Waals surface area contributed by atoms with Gasteiger partial charge in [0.2, 0.25) is 0 Å². The van der Waals surface area contributed by atoms with Crippen LogP contribution in [0.25, 0.3) is 0 Å². The molecule has 1 aromatic heterocycles. The van der Waals surface area contributed by atoms with Gasteiger partial charge in [-0.1, -0.05) is 19.1 Å². The normalized spacial score (nSPS) is 22.7. The van der Waals surface area contributed by atoms with Gasteiger partial charge >= 0.3 is 5.97 Å². The van der Waals surface area contributed by atoms with Gasteiger partial charge in [0.15, 0.2) is 6.10 Å². The van der Waals surface area contributed by atoms with Gasteiger partial charge in [-0.3, -0.25) is 4.99 Å². The first-order valence-electron chi connectivity index (χ1n) is 15.2. The third-order valence-corrected chi connectivity index (χ3v) is 8.43. The van der Waals surface area contributed by atoms with Gasteiger partial charge < -0.3 is 24.8 Å². The quantitative estimate of drug-likeness (QED) is 0.259. The van der Waals surface area contributed by atoms with Crippen LogP contribution in [-0.4, -0.2) is 70.5 Å². The predicted octanol–water partition coefficient (Wildman–Crippen LogP) is 5.31. The molecule has 0 saturated carbocycles. The number of likely N-dealkylation sites (tertiary alicyclic amines) is 1. The number of aromatic amines is 1. The van der Waals surface area contributed by atoms with Crippen molar-refractivity contribution in [2.45, 2.75) is 125 Å². The lowest BCUT2D eigenvalue weighted by atomic mass is 9.76. The summed E-state index contributed by atoms with van der Waals surface area (Å²) >= 11 is 0. The van der Waals surface area contributed by atoms with Crippen molar-refractivity contribution in [3.05, 3.63) is 40.8 Å². The third kappa shape index (κ3) is 9.17. The summed E-state index contributed by atoms with van der Waals surface area (Å²) < 4.78 is 11.5. The molecule has 0 aliphatic carbocycles. The Hall–Kier alpha value is -2.65. The number of aryl methyl sites for hydroxylation is 3. The molecule has 1 aromatic rings. The summed E-state index contributed by atoms with van der Waals surface area (Å²) in [7, 11) is 1.41. The van der Waals surface area contributed by atoms with Gasteiger partial charge in [0.25, 0.3) is 0 Å². The zero-order valence-corrected chi connectivity index (χ0v) is 27.1. The maximum atomic E-state index is 13.1. The second-order valence-electron chi connectivity index (χ2n) is 13.1. The highest BCUT2D eigenvalue weighted by molar-refractivity contribution is 6.04. The van der Waals surface area contributed by atoms with E-state index in [2.05, 4.69) is 65.6 Å². The number of aliphatic imine (C=N–C) groups is 1. The van der Waals surface area contributed by atoms with Crippen molar-refractivity contribution in [3.8, 4) is 0 Å². The molecule has 3 rings (SSSR count). The molecule has 9 heteroatoms. The number of hydrogen-bond acceptors (Lipinski definition) is 8. The topological polar surface area (TPSA) is 104 Å². The van der Waals surface area contributed by atoms with E-state index in [9.17, 15) is 4.79 Å². The first kappa shape index (κ1) is 32.9. The summed E-state index contributed by atoms with van der Waals surface area (Å²) in [6.07, 6.45) is 10.0. The molecule has 0 spiro atoms. The summed E-state index contributed by atoms with van der Waals surface area (Å²) in [5.74, 6) is 1.51. The summed E-state index contributed by atoms with van der Waals surface area (Å²) in [5.41, 5.74) is 10.4. The van der Waals surface area contributed by atoms with Gasteiger partial charge in [-0.2, -0.15) is 0 Å². The molecule has 1 saturated heterocycles. The SMILES string of the molecule is COC(=O)[C@@H](OC(C)(C)C)C1=C(N2CCC(C)(CC/C=C/CCc3nc(C)c(C)[nH]3)CC2)NNC(C)[C@@H](C)N=C1C. The standard InChI is InChI=1S/C32H54N6O3/c1-21-22(2)35-26(34-21)15-13-11-12-14-16-32(9)17-19-38(20-18-32)29-27(25(5)33-23(3)24(4)36-37-29)28(30(39)40-10)41-31(6,7)8/h11-12,23-24,28,36-37H,13-20H2,1-10H3,(H,34,35)/b12-11+,29-27?,33-25?/t23-,24?,28+/m1/s1. The molecule has 3 N–H and O–H groups in total. The predicted molar refractivity (Wildman–Crippen MR) is 166 cm³/mol. The van der Waals surface area contributed by atoms with Crippen LogP contribution in [0.4, 0.5) is 0 Å². The highest BCUT2D eigenvalue weighted by Crippen LogP contribution is 2.37. The number of H-pyrrole nitrogens is 1. The van der Waals surface area contributed by atoms with Crippen molar-refractivity contribution in [1.82, 2.24) is 25.7 Å². The first-order chi connectivity index (χ1) is 19.2. The molecule has 0 amide bonds. The van der Waals surface area contributed by atoms with Crippen LogP contribution < -0.4 is 10.9 Å². The maximum absolute atomic E-state index is 13.1. The fourth-order valence-corrected chi connectivity index (χ4v) is 5.42. The fraction of sp³-hybridized carbons (Fsp3) is 0.719. The first-order valence-corrected chi connectivity index (χ1v) is 15.2. The lowest BCUT2D eigenvalue weighted by molar-refractivity contribution is -0.159. The van der Waals surface area contributed by atoms with E-state index in [1.54, 1.807) is 0 Å². The van der Waals surface area contributed by atoms with E-state index < -0.39 is 17.7 Å². The molecule has 230 valence electrons. The molecule has 2 aliphatic rings. The van der Waals surface area contributed by atoms with Crippen LogP contribution in [0, 0.1) is 19.3 Å². The van der Waals surface area contributed by atoms with Gasteiger partial charge in [0.1, 0.15) is 11.6 Å². The minimum atomic E-state index is -0.888. The van der Waals surface area contributed by atoms with Crippen LogP contribution in [0.2, 0.25) is 0 Å². The zero-order chi connectivity index (χ0) is 30.4. The number of piperidine rings is 1. The Morgan fingerprint density at radius 3 is 2.39 bits per heavy atom. The number of rotatable bonds is 10. The van der Waals surface area contributed by atoms with Gasteiger partial charge in [-0.15, -0.1) is 0 Å². The monoisotopic (exact) mass is 570 g/mol. The Bertz CT molecular complexity index is 1100. The second-order valence-corrected chi connectivity index (χ2v) is 13.1. The minimum absolute atomic E-state index is 0.0250. The number of hydrazine groups is 1. The molecule has 9 nitrogen and oxygen atoms in total. The minimum Gasteiger partial charge on any atom is -0.467 e. The number of hydrogen-bond donors (Lipinski definition) is 3. The van der Waals surface area contributed by atoms with Crippen molar-refractivity contribution in [1.29, 1.82) is 0 Å². The number of ether oxygens (including phenoxy) is 2. The van der Waals surface area contributed by atoms with Crippen molar-refractivity contribution >= 4 is 11.7 Å². The Kier molecular flexibility index (Phi) is 11.2. The number of carbonyl (C=O) groups excluding carboxylic acids is 1. The number of aromatic nitrogens is 2. The van der Waals surface area contributed by atoms with Crippen LogP contribution in [0.15, 0.2) is 28.5 Å². The van der Waals surface area contributed by atoms with Gasteiger partial charge in [0, 0.05) is 37.0 Å². The number of carbonyl (C=O) groups is 1. The largest absolute Gasteiger partial charge is 0.467 e. The van der Waals surface area contributed by atoms with E-state index in [1.807, 2.05) is 34.6 Å². The van der Waals surface area contributed by atoms with E-state index in [-0.39, 0.29) is 17.5 Å². The van der Waals surface area contributed by atoms with Crippen molar-refractivity contribution in [2.75, 3.05) is 20.2 Å². The number of nitrogens with one attached hydrogen (secondary N) is 3. The van der Waals surface area contributed by atoms with E-state index >= 15 is 0 Å². The molecule has 1 fully saturated rings. The maximum Gasteiger partial charge on any atom is 0.339 e. The Morgan fingerprint density at radius 1 is 1.15 bits per heavy atom. The van der Waals surface area contributed by atoms with Crippen LogP contribution in [0.1, 0.15) is 97.8 Å². The van der Waals surface area contributed by atoms with Crippen molar-refractivity contribution < 1.29 is 14.3 Å². The molecular weight excluding hydrogens is 516 g/mol. The van der Waals surface area contributed by atoms with Crippen molar-refractivity contribution in [3.63, 3.8) is 0 Å². The van der Waals surface area contributed by atoms with E-state index in [4.69, 9.17) is 14.5 Å². The van der Waals surface area contributed by atoms with Gasteiger partial charge in [0.05, 0.1) is 30.0 Å². The van der Waals surface area contributed by atoms with E-state index in [0.29, 0.717) is 0 Å². The summed E-state index contributed by atoms with van der Waals surface area (Å²) in [6.45, 7) is 20.3. The van der Waals surface area contributed by atoms with Crippen molar-refractivity contribution in [2.24, 2.45) is 10.4 Å². The van der Waals surface area contributed by atoms with E-state index in [0.717, 1.165) is 85.9 Å². The van der Waals surface area contributed by atoms with Crippen LogP contribution in [0.3, 0.4) is 0 Å². The molecule has 0 radical (unpaired) electrons. The van der Waals surface area contributed by atoms with Gasteiger partial charge in [-0.05, 0) is 92.9 Å². The number of imidazole rings is 1. The molecule has 2 aliphatic heterocycles. The highest BCUT2D eigenvalue weighted by atomic mass is 16.6. The van der Waals surface area contributed by atoms with Crippen LogP contribution in [-0.2, 0) is 20.7 Å². The number of esters is 1. The summed E-state index contributed by atoms with van der Waals surface area (Å²) in [6, 6.07) is 0.140. The Balaban J connectivity index is 1.71. The zero-order valence-electron chi connectivity index (χ0n) is 27.1. The molecule has 0 bridgehead atoms. The Morgan fingerprint density at radius 2 is 1.80 bits per heavy atom. The number of allylic oxidation sites excluding steroid dienone is 2. The number of methoxy groups -OCH3 is 1. The smallest absolute Gasteiger partial charge is 0.339 e. The lowest BCUT2D eigenvalue weighted by Crippen LogP contribution is -2.53. The molecule has 0 aromatic carbocycles. The summed E-state index contributed by atoms with van der Waals surface area (Å²) in [5, 5.41) is 0. The lowest BCUT2D eigenvalue weighted by Gasteiger charge is -2.43. The third-order valence-electron chi connectivity index (χ3n) is 8.43. The fourth-order valence-electron chi connectivity index (χ4n) is 5.42.